The average Bonchev–Trinajstić information content (AvgIpc) is 1.53. The quantitative estimate of drug-likeness (QED) is 0.0213. The second kappa shape index (κ2) is 43.6. The van der Waals surface area contributed by atoms with Crippen LogP contribution in [0.2, 0.25) is 0 Å². The molecule has 6 aliphatic rings. The molecule has 9 rings (SSSR count). The molecule has 0 amide bonds. The van der Waals surface area contributed by atoms with Crippen molar-refractivity contribution in [3.8, 4) is 5.75 Å². The van der Waals surface area contributed by atoms with E-state index in [0.717, 1.165) is 67.4 Å². The fraction of sp³-hybridized carbons (Fsp3) is 0.369. The van der Waals surface area contributed by atoms with Crippen molar-refractivity contribution >= 4 is 87.3 Å². The number of carbonyl (C=O) groups is 10. The zero-order valence-corrected chi connectivity index (χ0v) is 65.0. The number of rotatable bonds is 23. The number of carbonyl (C=O) groups excluding carboxylic acids is 10. The number of oxime groups is 5. The lowest BCUT2D eigenvalue weighted by molar-refractivity contribution is -0.145. The number of ketones is 5. The summed E-state index contributed by atoms with van der Waals surface area (Å²) in [5, 5.41) is 18.9. The van der Waals surface area contributed by atoms with Gasteiger partial charge in [-0.15, -0.1) is 0 Å². The highest BCUT2D eigenvalue weighted by Gasteiger charge is 2.33. The summed E-state index contributed by atoms with van der Waals surface area (Å²) in [4.78, 5) is 142. The second-order valence-electron chi connectivity index (χ2n) is 27.3. The first kappa shape index (κ1) is 90.1. The van der Waals surface area contributed by atoms with E-state index >= 15 is 0 Å². The van der Waals surface area contributed by atoms with Crippen LogP contribution in [0.25, 0.3) is 0 Å². The highest BCUT2D eigenvalue weighted by Crippen LogP contribution is 2.31. The normalized spacial score (nSPS) is 17.2. The highest BCUT2D eigenvalue weighted by atomic mass is 19.2. The molecule has 0 N–H and O–H groups in total. The number of para-hydroxylation sites is 1. The van der Waals surface area contributed by atoms with E-state index in [9.17, 15) is 69.9 Å². The van der Waals surface area contributed by atoms with Crippen LogP contribution in [0.4, 0.5) is 22.0 Å². The molecule has 0 unspecified atom stereocenters. The monoisotopic (exact) mass is 1540 g/mol. The number of unbranched alkanes of at least 4 members (excludes halogenated alkanes) is 3. The fourth-order valence-electron chi connectivity index (χ4n) is 10.3. The van der Waals surface area contributed by atoms with Crippen LogP contribution in [-0.2, 0) is 62.5 Å². The lowest BCUT2D eigenvalue weighted by atomic mass is 9.90. The number of hydrogen-bond donors (Lipinski definition) is 0. The minimum absolute atomic E-state index is 0.00923. The Kier molecular flexibility index (Phi) is 35.4. The molecule has 3 aromatic rings. The van der Waals surface area contributed by atoms with Crippen LogP contribution in [0, 0.1) is 58.7 Å². The van der Waals surface area contributed by atoms with E-state index in [-0.39, 0.29) is 82.7 Å². The van der Waals surface area contributed by atoms with E-state index in [1.807, 2.05) is 55.4 Å². The van der Waals surface area contributed by atoms with Crippen LogP contribution in [0.5, 0.6) is 5.75 Å². The van der Waals surface area contributed by atoms with Crippen molar-refractivity contribution in [2.45, 2.75) is 155 Å². The molecular formula is C84H92F5N5O17. The zero-order valence-electron chi connectivity index (χ0n) is 65.0. The van der Waals surface area contributed by atoms with Crippen LogP contribution in [-0.4, -0.2) is 108 Å². The fourth-order valence-corrected chi connectivity index (χ4v) is 10.3. The number of methoxy groups -OCH3 is 2. The first-order valence-electron chi connectivity index (χ1n) is 35.9. The zero-order chi connectivity index (χ0) is 82.5. The van der Waals surface area contributed by atoms with Crippen molar-refractivity contribution in [1.29, 1.82) is 0 Å². The van der Waals surface area contributed by atoms with Gasteiger partial charge in [0.25, 0.3) is 0 Å². The first-order valence-corrected chi connectivity index (χ1v) is 35.9. The first-order chi connectivity index (χ1) is 52.5. The van der Waals surface area contributed by atoms with Gasteiger partial charge in [-0.25, -0.2) is 45.9 Å². The number of allylic oxidation sites excluding steroid dienone is 20. The van der Waals surface area contributed by atoms with Crippen LogP contribution in [0.15, 0.2) is 197 Å². The van der Waals surface area contributed by atoms with Crippen molar-refractivity contribution < 1.29 is 104 Å². The Morgan fingerprint density at radius 1 is 0.423 bits per heavy atom. The molecule has 0 aliphatic heterocycles. The molecule has 0 atom stereocenters. The predicted octanol–water partition coefficient (Wildman–Crippen LogP) is 16.8. The Hall–Kier alpha value is -11.5. The standard InChI is InChI=1S/C18H19NO4.C18H27NO4.C17H14F3NO3.C17H15F2NO3.C14H17NO3/c1-11(2)14-10-15(12(3)9-16(14)20)19-23-18(21)13-7-5-6-8-17(13)22-4;1-4-5-6-7-9-15-13-16(14(2)12-17(15)20)19-23-18(21)10-8-11-22-3;1-8(2)10-6-15(9(3)4-16(10)22)21-24-17(23)11-5-13(19)14(20)7-12(11)18;1-9(2)12-8-14(10(3)7-15(12)21)20-23-17(22)11-5-4-6-13(18)16(11)19;1-8(2)11-7-12(9(3)6-13(11)16)15-18-14(17)10-4-5-10/h5-11H,1-4H3;12-13H,4-11H2,1-3H3;4-8H,1-3H3;4-9H,1-3H3;6-8,10H,4-5H2,1-3H3. The van der Waals surface area contributed by atoms with Crippen molar-refractivity contribution in [3.05, 3.63) is 217 Å². The summed E-state index contributed by atoms with van der Waals surface area (Å²) in [6.45, 7) is 26.3. The smallest absolute Gasteiger partial charge is 0.369 e. The summed E-state index contributed by atoms with van der Waals surface area (Å²) in [5.74, 6) is -9.87. The molecule has 27 heteroatoms. The van der Waals surface area contributed by atoms with Gasteiger partial charge < -0.3 is 33.7 Å². The number of benzene rings is 3. The van der Waals surface area contributed by atoms with Gasteiger partial charge in [-0.05, 0) is 209 Å². The Morgan fingerprint density at radius 2 is 0.820 bits per heavy atom. The number of ether oxygens (including phenoxy) is 2. The van der Waals surface area contributed by atoms with Gasteiger partial charge in [0.15, 0.2) is 52.2 Å². The minimum Gasteiger partial charge on any atom is -0.496 e. The maximum absolute atomic E-state index is 13.5. The van der Waals surface area contributed by atoms with Crippen molar-refractivity contribution in [3.63, 3.8) is 0 Å². The molecule has 1 fully saturated rings. The van der Waals surface area contributed by atoms with Gasteiger partial charge in [-0.1, -0.05) is 126 Å². The van der Waals surface area contributed by atoms with Crippen LogP contribution in [0.1, 0.15) is 186 Å². The molecule has 0 bridgehead atoms. The van der Waals surface area contributed by atoms with Crippen LogP contribution >= 0.6 is 0 Å². The van der Waals surface area contributed by atoms with Gasteiger partial charge in [-0.2, -0.15) is 0 Å². The van der Waals surface area contributed by atoms with Gasteiger partial charge in [0.05, 0.1) is 19.4 Å². The molecule has 22 nitrogen and oxygen atoms in total. The van der Waals surface area contributed by atoms with Crippen LogP contribution in [0.3, 0.4) is 0 Å². The molecule has 6 aliphatic carbocycles. The molecule has 0 radical (unpaired) electrons. The van der Waals surface area contributed by atoms with Gasteiger partial charge in [0.1, 0.15) is 56.8 Å². The lowest BCUT2D eigenvalue weighted by Crippen LogP contribution is -2.16. The number of nitrogens with zero attached hydrogens (tertiary/aromatic N) is 5. The van der Waals surface area contributed by atoms with E-state index in [1.54, 1.807) is 96.4 Å². The largest absolute Gasteiger partial charge is 0.496 e. The minimum atomic E-state index is -1.41. The summed E-state index contributed by atoms with van der Waals surface area (Å²) in [6, 6.07) is 10.6. The van der Waals surface area contributed by atoms with E-state index in [4.69, 9.17) is 24.0 Å². The molecule has 111 heavy (non-hydrogen) atoms. The summed E-state index contributed by atoms with van der Waals surface area (Å²) in [5.41, 5.74) is 7.23. The predicted molar refractivity (Wildman–Crippen MR) is 407 cm³/mol. The van der Waals surface area contributed by atoms with E-state index in [2.05, 4.69) is 42.4 Å². The van der Waals surface area contributed by atoms with E-state index < -0.39 is 64.1 Å². The highest BCUT2D eigenvalue weighted by molar-refractivity contribution is 6.25. The Bertz CT molecular complexity index is 4600. The van der Waals surface area contributed by atoms with Crippen LogP contribution < -0.4 is 4.74 Å². The Labute approximate surface area is 641 Å². The Balaban J connectivity index is 0.000000249. The second-order valence-corrected chi connectivity index (χ2v) is 27.3. The SMILES string of the molecule is CC1=CC(=O)C(C(C)C)=CC1=NOC(=O)C1CC1.CC1=CC(=O)C(C(C)C)=CC1=NOC(=O)c1cc(F)c(F)cc1F.CC1=CC(=O)C(C(C)C)=CC1=NOC(=O)c1cccc(F)c1F.CCCCCCC1=CC(=NOC(=O)CCCOC)C(C)=CC1=O.COc1ccccc1C(=O)ON=C1C=C(C(C)C)C(=O)C=C1C. The third kappa shape index (κ3) is 27.6. The van der Waals surface area contributed by atoms with Gasteiger partial charge in [0, 0.05) is 47.6 Å². The molecule has 1 saturated carbocycles. The van der Waals surface area contributed by atoms with Gasteiger partial charge in [-0.3, -0.25) is 24.0 Å². The van der Waals surface area contributed by atoms with Gasteiger partial charge in [0.2, 0.25) is 0 Å². The Morgan fingerprint density at radius 3 is 1.25 bits per heavy atom. The molecule has 3 aromatic carbocycles. The molecule has 0 heterocycles. The van der Waals surface area contributed by atoms with Crippen molar-refractivity contribution in [2.75, 3.05) is 20.8 Å². The summed E-state index contributed by atoms with van der Waals surface area (Å²) in [7, 11) is 3.07. The van der Waals surface area contributed by atoms with Crippen molar-refractivity contribution in [1.82, 2.24) is 0 Å². The average molecular weight is 1540 g/mol. The number of halogens is 5. The molecule has 590 valence electrons. The van der Waals surface area contributed by atoms with E-state index in [1.165, 1.54) is 50.0 Å². The topological polar surface area (TPSA) is 297 Å². The molecular weight excluding hydrogens is 1450 g/mol. The summed E-state index contributed by atoms with van der Waals surface area (Å²) >= 11 is 0. The number of hydrogen-bond acceptors (Lipinski definition) is 22. The summed E-state index contributed by atoms with van der Waals surface area (Å²) in [6.07, 6.45) is 23.3. The third-order valence-corrected chi connectivity index (χ3v) is 17.0. The van der Waals surface area contributed by atoms with Crippen molar-refractivity contribution in [2.24, 2.45) is 55.4 Å². The maximum Gasteiger partial charge on any atom is 0.369 e. The molecule has 0 aromatic heterocycles. The van der Waals surface area contributed by atoms with Gasteiger partial charge >= 0.3 is 29.8 Å². The molecule has 0 saturated heterocycles. The third-order valence-electron chi connectivity index (χ3n) is 17.0. The lowest BCUT2D eigenvalue weighted by Gasteiger charge is -2.14. The molecule has 0 spiro atoms. The van der Waals surface area contributed by atoms with E-state index in [0.29, 0.717) is 92.3 Å². The summed E-state index contributed by atoms with van der Waals surface area (Å²) < 4.78 is 76.1. The maximum atomic E-state index is 13.5.